The lowest BCUT2D eigenvalue weighted by atomic mass is 10.1. The van der Waals surface area contributed by atoms with Crippen LogP contribution in [-0.4, -0.2) is 22.0 Å². The molecule has 3 aromatic rings. The van der Waals surface area contributed by atoms with Crippen LogP contribution in [0.4, 0.5) is 10.8 Å². The van der Waals surface area contributed by atoms with Crippen LogP contribution in [0.15, 0.2) is 54.6 Å². The Morgan fingerprint density at radius 2 is 1.67 bits per heavy atom. The zero-order chi connectivity index (χ0) is 19.1. The Bertz CT molecular complexity index is 907. The lowest BCUT2D eigenvalue weighted by Gasteiger charge is -2.05. The summed E-state index contributed by atoms with van der Waals surface area (Å²) in [4.78, 5) is 23.7. The van der Waals surface area contributed by atoms with Crippen LogP contribution in [0.1, 0.15) is 34.3 Å². The molecule has 3 rings (SSSR count). The third-order valence-electron chi connectivity index (χ3n) is 3.91. The molecule has 0 aliphatic heterocycles. The fourth-order valence-corrected chi connectivity index (χ4v) is 3.16. The van der Waals surface area contributed by atoms with Gasteiger partial charge in [-0.3, -0.25) is 14.9 Å². The number of benzene rings is 2. The van der Waals surface area contributed by atoms with Gasteiger partial charge >= 0.3 is 0 Å². The van der Waals surface area contributed by atoms with Crippen molar-refractivity contribution in [3.63, 3.8) is 0 Å². The van der Waals surface area contributed by atoms with E-state index in [1.807, 2.05) is 18.2 Å². The maximum atomic E-state index is 12.3. The van der Waals surface area contributed by atoms with Crippen LogP contribution in [0.2, 0.25) is 0 Å². The molecular formula is C20H20N4O2S. The Balaban J connectivity index is 1.55. The van der Waals surface area contributed by atoms with Crippen molar-refractivity contribution in [3.05, 3.63) is 70.7 Å². The summed E-state index contributed by atoms with van der Waals surface area (Å²) >= 11 is 1.38. The molecule has 2 aromatic carbocycles. The van der Waals surface area contributed by atoms with Gasteiger partial charge in [-0.05, 0) is 36.2 Å². The van der Waals surface area contributed by atoms with E-state index < -0.39 is 0 Å². The molecule has 0 radical (unpaired) electrons. The van der Waals surface area contributed by atoms with Crippen LogP contribution in [0.5, 0.6) is 0 Å². The molecule has 0 atom stereocenters. The summed E-state index contributed by atoms with van der Waals surface area (Å²) in [6, 6.07) is 16.9. The predicted molar refractivity (Wildman–Crippen MR) is 107 cm³/mol. The van der Waals surface area contributed by atoms with Crippen LogP contribution >= 0.6 is 11.3 Å². The molecule has 0 saturated heterocycles. The normalized spacial score (nSPS) is 10.4. The van der Waals surface area contributed by atoms with Gasteiger partial charge in [-0.15, -0.1) is 10.2 Å². The highest BCUT2D eigenvalue weighted by Gasteiger charge is 2.11. The quantitative estimate of drug-likeness (QED) is 0.651. The molecule has 138 valence electrons. The third-order valence-corrected chi connectivity index (χ3v) is 4.81. The standard InChI is InChI=1S/C20H20N4O2S/c1-2-17(25)21-16-11-9-15(10-12-16)19(26)22-20-24-23-18(27-20)13-8-14-6-4-3-5-7-14/h3-7,9-12H,2,8,13H2,1H3,(H,21,25)(H,22,24,26). The van der Waals surface area contributed by atoms with E-state index in [2.05, 4.69) is 33.0 Å². The Morgan fingerprint density at radius 1 is 0.926 bits per heavy atom. The average Bonchev–Trinajstić information content (AvgIpc) is 3.15. The van der Waals surface area contributed by atoms with Crippen LogP contribution in [0.25, 0.3) is 0 Å². The van der Waals surface area contributed by atoms with Crippen molar-refractivity contribution < 1.29 is 9.59 Å². The number of carbonyl (C=O) groups excluding carboxylic acids is 2. The molecule has 6 nitrogen and oxygen atoms in total. The summed E-state index contributed by atoms with van der Waals surface area (Å²) in [7, 11) is 0. The summed E-state index contributed by atoms with van der Waals surface area (Å²) in [5, 5.41) is 15.1. The first-order chi connectivity index (χ1) is 13.1. The number of nitrogens with one attached hydrogen (secondary N) is 2. The average molecular weight is 380 g/mol. The second kappa shape index (κ2) is 9.05. The van der Waals surface area contributed by atoms with Crippen molar-refractivity contribution in [2.75, 3.05) is 10.6 Å². The minimum absolute atomic E-state index is 0.0657. The molecule has 0 aliphatic carbocycles. The molecular weight excluding hydrogens is 360 g/mol. The van der Waals surface area contributed by atoms with E-state index in [0.29, 0.717) is 22.8 Å². The van der Waals surface area contributed by atoms with Gasteiger partial charge in [0.2, 0.25) is 11.0 Å². The first-order valence-electron chi connectivity index (χ1n) is 8.71. The lowest BCUT2D eigenvalue weighted by Crippen LogP contribution is -2.12. The van der Waals surface area contributed by atoms with Crippen molar-refractivity contribution >= 4 is 34.0 Å². The van der Waals surface area contributed by atoms with Crippen molar-refractivity contribution in [2.45, 2.75) is 26.2 Å². The van der Waals surface area contributed by atoms with Crippen LogP contribution in [0, 0.1) is 0 Å². The van der Waals surface area contributed by atoms with Crippen LogP contribution < -0.4 is 10.6 Å². The first-order valence-corrected chi connectivity index (χ1v) is 9.53. The van der Waals surface area contributed by atoms with Gasteiger partial charge in [0.05, 0.1) is 0 Å². The second-order valence-corrected chi connectivity index (χ2v) is 6.98. The van der Waals surface area contributed by atoms with Crippen LogP contribution in [-0.2, 0) is 17.6 Å². The summed E-state index contributed by atoms with van der Waals surface area (Å²) in [6.45, 7) is 1.79. The van der Waals surface area contributed by atoms with Gasteiger partial charge in [0.1, 0.15) is 5.01 Å². The van der Waals surface area contributed by atoms with E-state index in [9.17, 15) is 9.59 Å². The smallest absolute Gasteiger partial charge is 0.257 e. The number of aryl methyl sites for hydroxylation is 2. The van der Waals surface area contributed by atoms with Crippen molar-refractivity contribution in [1.82, 2.24) is 10.2 Å². The molecule has 2 amide bonds. The zero-order valence-corrected chi connectivity index (χ0v) is 15.8. The van der Waals surface area contributed by atoms with Crippen molar-refractivity contribution in [1.29, 1.82) is 0 Å². The fourth-order valence-electron chi connectivity index (χ4n) is 2.42. The SMILES string of the molecule is CCC(=O)Nc1ccc(C(=O)Nc2nnc(CCc3ccccc3)s2)cc1. The number of rotatable bonds is 7. The maximum Gasteiger partial charge on any atom is 0.257 e. The highest BCUT2D eigenvalue weighted by Crippen LogP contribution is 2.19. The first kappa shape index (κ1) is 18.7. The van der Waals surface area contributed by atoms with Gasteiger partial charge in [0.25, 0.3) is 5.91 Å². The Labute approximate surface area is 161 Å². The molecule has 0 saturated carbocycles. The van der Waals surface area contributed by atoms with Gasteiger partial charge in [0.15, 0.2) is 0 Å². The fraction of sp³-hybridized carbons (Fsp3) is 0.200. The Kier molecular flexibility index (Phi) is 6.27. The molecule has 0 unspecified atom stereocenters. The van der Waals surface area contributed by atoms with Gasteiger partial charge < -0.3 is 5.32 Å². The van der Waals surface area contributed by atoms with Crippen LogP contribution in [0.3, 0.4) is 0 Å². The van der Waals surface area contributed by atoms with E-state index in [1.165, 1.54) is 16.9 Å². The molecule has 27 heavy (non-hydrogen) atoms. The minimum atomic E-state index is -0.255. The number of hydrogen-bond acceptors (Lipinski definition) is 5. The number of anilines is 2. The van der Waals surface area contributed by atoms with E-state index in [4.69, 9.17) is 0 Å². The van der Waals surface area contributed by atoms with E-state index in [1.54, 1.807) is 31.2 Å². The van der Waals surface area contributed by atoms with E-state index in [0.717, 1.165) is 17.8 Å². The monoisotopic (exact) mass is 380 g/mol. The van der Waals surface area contributed by atoms with Gasteiger partial charge in [-0.25, -0.2) is 0 Å². The molecule has 7 heteroatoms. The highest BCUT2D eigenvalue weighted by molar-refractivity contribution is 7.15. The maximum absolute atomic E-state index is 12.3. The Morgan fingerprint density at radius 3 is 2.37 bits per heavy atom. The number of aromatic nitrogens is 2. The minimum Gasteiger partial charge on any atom is -0.326 e. The Hall–Kier alpha value is -3.06. The topological polar surface area (TPSA) is 84.0 Å². The molecule has 0 aliphatic rings. The van der Waals surface area contributed by atoms with Gasteiger partial charge in [-0.1, -0.05) is 48.6 Å². The number of nitrogens with zero attached hydrogens (tertiary/aromatic N) is 2. The molecule has 0 spiro atoms. The van der Waals surface area contributed by atoms with E-state index >= 15 is 0 Å². The van der Waals surface area contributed by atoms with Gasteiger partial charge in [0, 0.05) is 24.1 Å². The molecule has 1 aromatic heterocycles. The molecule has 1 heterocycles. The number of hydrogen-bond donors (Lipinski definition) is 2. The second-order valence-electron chi connectivity index (χ2n) is 5.92. The molecule has 2 N–H and O–H groups in total. The summed E-state index contributed by atoms with van der Waals surface area (Å²) in [6.07, 6.45) is 2.07. The number of amides is 2. The summed E-state index contributed by atoms with van der Waals surface area (Å²) in [5.41, 5.74) is 2.40. The zero-order valence-electron chi connectivity index (χ0n) is 14.9. The third kappa shape index (κ3) is 5.46. The molecule has 0 bridgehead atoms. The lowest BCUT2D eigenvalue weighted by molar-refractivity contribution is -0.115. The number of carbonyl (C=O) groups is 2. The molecule has 0 fully saturated rings. The summed E-state index contributed by atoms with van der Waals surface area (Å²) < 4.78 is 0. The summed E-state index contributed by atoms with van der Waals surface area (Å²) in [5.74, 6) is -0.321. The highest BCUT2D eigenvalue weighted by atomic mass is 32.1. The van der Waals surface area contributed by atoms with E-state index in [-0.39, 0.29) is 11.8 Å². The van der Waals surface area contributed by atoms with Crippen molar-refractivity contribution in [2.24, 2.45) is 0 Å². The van der Waals surface area contributed by atoms with Gasteiger partial charge in [-0.2, -0.15) is 0 Å². The predicted octanol–water partition coefficient (Wildman–Crippen LogP) is 3.92. The largest absolute Gasteiger partial charge is 0.326 e. The van der Waals surface area contributed by atoms with Crippen molar-refractivity contribution in [3.8, 4) is 0 Å².